The van der Waals surface area contributed by atoms with E-state index in [1.807, 2.05) is 0 Å². The van der Waals surface area contributed by atoms with E-state index in [0.717, 1.165) is 10.5 Å². The summed E-state index contributed by atoms with van der Waals surface area (Å²) >= 11 is 0. The summed E-state index contributed by atoms with van der Waals surface area (Å²) in [5.41, 5.74) is 1.22. The monoisotopic (exact) mass is 388 g/mol. The summed E-state index contributed by atoms with van der Waals surface area (Å²) in [6.45, 7) is 1.55. The molecule has 1 unspecified atom stereocenters. The molecule has 4 amide bonds. The maximum Gasteiger partial charge on any atom is 0.262 e. The molecule has 4 rings (SSSR count). The third-order valence-electron chi connectivity index (χ3n) is 5.47. The second-order valence-corrected chi connectivity index (χ2v) is 7.32. The molecule has 8 nitrogen and oxygen atoms in total. The van der Waals surface area contributed by atoms with Crippen molar-refractivity contribution in [1.82, 2.24) is 20.9 Å². The van der Waals surface area contributed by atoms with Crippen molar-refractivity contribution in [2.75, 3.05) is 13.1 Å². The molecule has 2 fully saturated rings. The number of amides is 4. The van der Waals surface area contributed by atoms with Crippen LogP contribution in [0.2, 0.25) is 0 Å². The number of nitrogens with zero attached hydrogens (tertiary/aromatic N) is 1. The van der Waals surface area contributed by atoms with Gasteiger partial charge < -0.3 is 10.6 Å². The molecule has 3 heterocycles. The summed E-state index contributed by atoms with van der Waals surface area (Å²) in [6.07, 6.45) is -0.270. The Kier molecular flexibility index (Phi) is 4.94. The van der Waals surface area contributed by atoms with E-state index >= 15 is 0 Å². The first kappa shape index (κ1) is 18.7. The number of fused-ring (bicyclic) bond motifs is 1. The van der Waals surface area contributed by atoms with Gasteiger partial charge in [0.2, 0.25) is 11.8 Å². The summed E-state index contributed by atoms with van der Waals surface area (Å²) in [5, 5.41) is 8.45. The van der Waals surface area contributed by atoms with Crippen molar-refractivity contribution in [2.45, 2.75) is 44.1 Å². The number of halogens is 1. The highest BCUT2D eigenvalue weighted by Crippen LogP contribution is 2.28. The lowest BCUT2D eigenvalue weighted by Gasteiger charge is -2.27. The highest BCUT2D eigenvalue weighted by Gasteiger charge is 2.44. The summed E-state index contributed by atoms with van der Waals surface area (Å²) in [5.74, 6) is -2.12. The van der Waals surface area contributed by atoms with E-state index in [4.69, 9.17) is 0 Å². The average molecular weight is 388 g/mol. The van der Waals surface area contributed by atoms with Crippen LogP contribution in [-0.4, -0.2) is 59.9 Å². The molecular weight excluding hydrogens is 367 g/mol. The highest BCUT2D eigenvalue weighted by molar-refractivity contribution is 6.23. The van der Waals surface area contributed by atoms with Crippen LogP contribution in [0.15, 0.2) is 18.2 Å². The van der Waals surface area contributed by atoms with Crippen LogP contribution in [0.25, 0.3) is 0 Å². The molecule has 9 heteroatoms. The summed E-state index contributed by atoms with van der Waals surface area (Å²) in [7, 11) is 0. The van der Waals surface area contributed by atoms with Gasteiger partial charge in [0.1, 0.15) is 12.2 Å². The summed E-state index contributed by atoms with van der Waals surface area (Å²) in [4.78, 5) is 49.8. The second kappa shape index (κ2) is 7.40. The van der Waals surface area contributed by atoms with E-state index in [9.17, 15) is 23.6 Å². The maximum absolute atomic E-state index is 13.9. The SMILES string of the molecule is O=C1CCC(N2C(=O)c3ccc(CN[C@H]4CNCC[C@H]4F)cc3C2=O)C(=O)N1. The Morgan fingerprint density at radius 3 is 2.64 bits per heavy atom. The van der Waals surface area contributed by atoms with E-state index in [2.05, 4.69) is 16.0 Å². The van der Waals surface area contributed by atoms with Crippen molar-refractivity contribution in [3.63, 3.8) is 0 Å². The lowest BCUT2D eigenvalue weighted by molar-refractivity contribution is -0.136. The predicted octanol–water partition coefficient (Wildman–Crippen LogP) is -0.123. The van der Waals surface area contributed by atoms with Gasteiger partial charge in [-0.3, -0.25) is 29.4 Å². The normalized spacial score (nSPS) is 27.8. The molecule has 3 atom stereocenters. The molecule has 0 aliphatic carbocycles. The molecule has 0 bridgehead atoms. The molecule has 28 heavy (non-hydrogen) atoms. The van der Waals surface area contributed by atoms with Crippen LogP contribution in [0.5, 0.6) is 0 Å². The zero-order valence-electron chi connectivity index (χ0n) is 15.2. The Bertz CT molecular complexity index is 858. The lowest BCUT2D eigenvalue weighted by Crippen LogP contribution is -2.54. The predicted molar refractivity (Wildman–Crippen MR) is 96.1 cm³/mol. The van der Waals surface area contributed by atoms with E-state index in [0.29, 0.717) is 26.1 Å². The van der Waals surface area contributed by atoms with E-state index < -0.39 is 35.8 Å². The van der Waals surface area contributed by atoms with Gasteiger partial charge in [-0.05, 0) is 37.1 Å². The van der Waals surface area contributed by atoms with Gasteiger partial charge in [0.25, 0.3) is 11.8 Å². The van der Waals surface area contributed by atoms with Gasteiger partial charge in [-0.25, -0.2) is 4.39 Å². The Labute approximate surface area is 160 Å². The number of hydrogen-bond donors (Lipinski definition) is 3. The third-order valence-corrected chi connectivity index (χ3v) is 5.47. The molecule has 3 aliphatic heterocycles. The minimum absolute atomic E-state index is 0.0821. The van der Waals surface area contributed by atoms with Crippen LogP contribution in [0.1, 0.15) is 45.5 Å². The van der Waals surface area contributed by atoms with Gasteiger partial charge in [-0.1, -0.05) is 6.07 Å². The maximum atomic E-state index is 13.9. The molecule has 148 valence electrons. The molecule has 0 spiro atoms. The fraction of sp³-hybridized carbons (Fsp3) is 0.474. The largest absolute Gasteiger partial charge is 0.315 e. The summed E-state index contributed by atoms with van der Waals surface area (Å²) in [6, 6.07) is 3.60. The molecule has 0 saturated carbocycles. The number of nitrogens with one attached hydrogen (secondary N) is 3. The molecule has 3 aliphatic rings. The van der Waals surface area contributed by atoms with Gasteiger partial charge in [0.15, 0.2) is 0 Å². The average Bonchev–Trinajstić information content (AvgIpc) is 2.92. The van der Waals surface area contributed by atoms with E-state index in [1.54, 1.807) is 18.2 Å². The van der Waals surface area contributed by atoms with Crippen LogP contribution in [-0.2, 0) is 16.1 Å². The molecular formula is C19H21FN4O4. The van der Waals surface area contributed by atoms with Gasteiger partial charge >= 0.3 is 0 Å². The fourth-order valence-electron chi connectivity index (χ4n) is 3.90. The molecule has 1 aromatic carbocycles. The lowest BCUT2D eigenvalue weighted by atomic mass is 10.0. The first-order valence-corrected chi connectivity index (χ1v) is 9.38. The minimum atomic E-state index is -0.979. The van der Waals surface area contributed by atoms with Crippen molar-refractivity contribution < 1.29 is 23.6 Å². The zero-order valence-corrected chi connectivity index (χ0v) is 15.2. The number of alkyl halides is 1. The first-order valence-electron chi connectivity index (χ1n) is 9.38. The van der Waals surface area contributed by atoms with Crippen molar-refractivity contribution >= 4 is 23.6 Å². The smallest absolute Gasteiger partial charge is 0.262 e. The van der Waals surface area contributed by atoms with Gasteiger partial charge in [-0.15, -0.1) is 0 Å². The zero-order chi connectivity index (χ0) is 19.8. The van der Waals surface area contributed by atoms with Crippen molar-refractivity contribution in [3.05, 3.63) is 34.9 Å². The Hall–Kier alpha value is -2.65. The Balaban J connectivity index is 1.49. The second-order valence-electron chi connectivity index (χ2n) is 7.32. The van der Waals surface area contributed by atoms with E-state index in [1.165, 1.54) is 0 Å². The van der Waals surface area contributed by atoms with Crippen molar-refractivity contribution in [3.8, 4) is 0 Å². The Morgan fingerprint density at radius 2 is 1.89 bits per heavy atom. The topological polar surface area (TPSA) is 108 Å². The standard InChI is InChI=1S/C19H21FN4O4/c20-13-5-6-21-9-14(13)22-8-10-1-2-11-12(7-10)19(28)24(18(11)27)15-3-4-16(25)23-17(15)26/h1-2,7,13-15,21-22H,3-6,8-9H2,(H,23,25,26)/t13-,14+,15?/m1/s1. The van der Waals surface area contributed by atoms with Crippen LogP contribution in [0.4, 0.5) is 4.39 Å². The molecule has 1 aromatic rings. The van der Waals surface area contributed by atoms with Crippen molar-refractivity contribution in [1.29, 1.82) is 0 Å². The summed E-state index contributed by atoms with van der Waals surface area (Å²) < 4.78 is 13.9. The number of carbonyl (C=O) groups is 4. The van der Waals surface area contributed by atoms with Gasteiger partial charge in [-0.2, -0.15) is 0 Å². The number of carbonyl (C=O) groups excluding carboxylic acids is 4. The quantitative estimate of drug-likeness (QED) is 0.621. The molecule has 3 N–H and O–H groups in total. The molecule has 0 aromatic heterocycles. The van der Waals surface area contributed by atoms with Crippen LogP contribution < -0.4 is 16.0 Å². The minimum Gasteiger partial charge on any atom is -0.315 e. The van der Waals surface area contributed by atoms with Gasteiger partial charge in [0.05, 0.1) is 17.2 Å². The van der Waals surface area contributed by atoms with Crippen LogP contribution >= 0.6 is 0 Å². The van der Waals surface area contributed by atoms with Crippen molar-refractivity contribution in [2.24, 2.45) is 0 Å². The number of hydrogen-bond acceptors (Lipinski definition) is 6. The number of benzene rings is 1. The van der Waals surface area contributed by atoms with Crippen LogP contribution in [0, 0.1) is 0 Å². The van der Waals surface area contributed by atoms with Gasteiger partial charge in [0, 0.05) is 19.5 Å². The Morgan fingerprint density at radius 1 is 1.11 bits per heavy atom. The number of piperidine rings is 2. The first-order chi connectivity index (χ1) is 13.5. The number of imide groups is 2. The van der Waals surface area contributed by atoms with Crippen LogP contribution in [0.3, 0.4) is 0 Å². The number of rotatable bonds is 4. The molecule has 0 radical (unpaired) electrons. The van der Waals surface area contributed by atoms with E-state index in [-0.39, 0.29) is 30.0 Å². The third kappa shape index (κ3) is 3.31. The fourth-order valence-corrected chi connectivity index (χ4v) is 3.90. The highest BCUT2D eigenvalue weighted by atomic mass is 19.1. The molecule has 2 saturated heterocycles.